The number of fused-ring (bicyclic) bond motifs is 2. The van der Waals surface area contributed by atoms with Gasteiger partial charge >= 0.3 is 10.1 Å². The van der Waals surface area contributed by atoms with Gasteiger partial charge in [-0.1, -0.05) is 6.07 Å². The average molecular weight is 506 g/mol. The Bertz CT molecular complexity index is 1710. The van der Waals surface area contributed by atoms with Gasteiger partial charge in [0, 0.05) is 17.5 Å². The van der Waals surface area contributed by atoms with Crippen LogP contribution in [0.2, 0.25) is 0 Å². The van der Waals surface area contributed by atoms with Gasteiger partial charge in [-0.3, -0.25) is 4.79 Å². The molecule has 0 spiro atoms. The van der Waals surface area contributed by atoms with Crippen LogP contribution < -0.4 is 4.18 Å². The summed E-state index contributed by atoms with van der Waals surface area (Å²) in [5.74, 6) is 0.931. The molecule has 0 bridgehead atoms. The van der Waals surface area contributed by atoms with Crippen LogP contribution in [0.15, 0.2) is 48.5 Å². The molecule has 1 N–H and O–H groups in total. The molecule has 0 atom stereocenters. The largest absolute Gasteiger partial charge is 0.383 e. The molecule has 0 unspecified atom stereocenters. The number of thiazole rings is 1. The van der Waals surface area contributed by atoms with Crippen LogP contribution in [-0.2, 0) is 16.5 Å². The molecular formula is C26H23N3O4S2. The lowest BCUT2D eigenvalue weighted by Crippen LogP contribution is -2.06. The van der Waals surface area contributed by atoms with Crippen molar-refractivity contribution in [2.75, 3.05) is 6.26 Å². The van der Waals surface area contributed by atoms with E-state index in [-0.39, 0.29) is 11.5 Å². The number of aromatic nitrogens is 3. The minimum absolute atomic E-state index is 0.0176. The number of Topliss-reactive ketones (excluding diaryl/α,β-unsaturated/α-hetero) is 1. The first kappa shape index (κ1) is 23.2. The second-order valence-electron chi connectivity index (χ2n) is 8.67. The van der Waals surface area contributed by atoms with Crippen molar-refractivity contribution in [3.05, 3.63) is 75.8 Å². The number of carbonyl (C=O) groups is 1. The molecule has 0 aliphatic carbocycles. The van der Waals surface area contributed by atoms with E-state index in [1.54, 1.807) is 29.5 Å². The number of aryl methyl sites for hydroxylation is 3. The van der Waals surface area contributed by atoms with Crippen molar-refractivity contribution in [3.8, 4) is 17.1 Å². The molecule has 178 valence electrons. The minimum atomic E-state index is -3.61. The first-order valence-corrected chi connectivity index (χ1v) is 13.6. The van der Waals surface area contributed by atoms with Crippen molar-refractivity contribution in [1.82, 2.24) is 15.0 Å². The summed E-state index contributed by atoms with van der Waals surface area (Å²) in [6.07, 6.45) is 1.31. The van der Waals surface area contributed by atoms with Gasteiger partial charge in [0.1, 0.15) is 11.6 Å². The smallest absolute Gasteiger partial charge is 0.306 e. The summed E-state index contributed by atoms with van der Waals surface area (Å²) in [5, 5.41) is 1.01. The molecule has 35 heavy (non-hydrogen) atoms. The maximum atomic E-state index is 13.0. The lowest BCUT2D eigenvalue weighted by molar-refractivity contribution is 0.0993. The van der Waals surface area contributed by atoms with Crippen LogP contribution in [0.3, 0.4) is 0 Å². The summed E-state index contributed by atoms with van der Waals surface area (Å²) in [5.41, 5.74) is 6.47. The summed E-state index contributed by atoms with van der Waals surface area (Å²) < 4.78 is 29.1. The second-order valence-corrected chi connectivity index (χ2v) is 11.5. The van der Waals surface area contributed by atoms with Crippen LogP contribution in [-0.4, -0.2) is 35.4 Å². The van der Waals surface area contributed by atoms with E-state index in [9.17, 15) is 13.2 Å². The third-order valence-corrected chi connectivity index (χ3v) is 7.17. The third kappa shape index (κ3) is 4.82. The summed E-state index contributed by atoms with van der Waals surface area (Å²) in [6, 6.07) is 14.8. The van der Waals surface area contributed by atoms with Crippen molar-refractivity contribution in [3.63, 3.8) is 0 Å². The third-order valence-electron chi connectivity index (χ3n) is 5.72. The monoisotopic (exact) mass is 505 g/mol. The molecule has 2 aromatic heterocycles. The zero-order valence-electron chi connectivity index (χ0n) is 19.7. The topological polar surface area (TPSA) is 102 Å². The SMILES string of the molecule is Cc1nc2cc(CC(=O)c3ccc4nc(-c5c(C)cc(OS(C)(=O)=O)cc5C)[nH]c4c3)ccc2s1. The van der Waals surface area contributed by atoms with Crippen molar-refractivity contribution < 1.29 is 17.4 Å². The Morgan fingerprint density at radius 1 is 0.971 bits per heavy atom. The summed E-state index contributed by atoms with van der Waals surface area (Å²) in [6.45, 7) is 5.73. The van der Waals surface area contributed by atoms with Gasteiger partial charge in [-0.05, 0) is 79.9 Å². The molecule has 0 aliphatic heterocycles. The number of H-pyrrole nitrogens is 1. The van der Waals surface area contributed by atoms with E-state index < -0.39 is 10.1 Å². The number of aromatic amines is 1. The first-order valence-electron chi connectivity index (χ1n) is 11.0. The fraction of sp³-hybridized carbons (Fsp3) is 0.192. The molecule has 5 rings (SSSR count). The standard InChI is InChI=1S/C26H23N3O4S2/c1-14-9-19(33-35(4,31)32)10-15(2)25(14)26-28-20-7-6-18(13-21(20)29-26)23(30)12-17-5-8-24-22(11-17)27-16(3)34-24/h5-11,13H,12H2,1-4H3,(H,28,29). The summed E-state index contributed by atoms with van der Waals surface area (Å²) in [7, 11) is -3.61. The zero-order valence-corrected chi connectivity index (χ0v) is 21.3. The Morgan fingerprint density at radius 2 is 1.71 bits per heavy atom. The van der Waals surface area contributed by atoms with Gasteiger partial charge in [-0.2, -0.15) is 8.42 Å². The lowest BCUT2D eigenvalue weighted by Gasteiger charge is -2.10. The summed E-state index contributed by atoms with van der Waals surface area (Å²) >= 11 is 1.64. The molecule has 2 heterocycles. The Labute approximate surface area is 206 Å². The molecule has 5 aromatic rings. The predicted molar refractivity (Wildman–Crippen MR) is 139 cm³/mol. The normalized spacial score (nSPS) is 11.9. The van der Waals surface area contributed by atoms with E-state index in [1.165, 1.54) is 0 Å². The first-order chi connectivity index (χ1) is 16.6. The van der Waals surface area contributed by atoms with Crippen LogP contribution in [0.1, 0.15) is 32.1 Å². The average Bonchev–Trinajstić information content (AvgIpc) is 3.33. The Morgan fingerprint density at radius 3 is 2.43 bits per heavy atom. The van der Waals surface area contributed by atoms with E-state index in [2.05, 4.69) is 9.97 Å². The molecule has 0 aliphatic rings. The number of nitrogens with one attached hydrogen (secondary N) is 1. The van der Waals surface area contributed by atoms with Crippen LogP contribution in [0.5, 0.6) is 5.75 Å². The van der Waals surface area contributed by atoms with Crippen molar-refractivity contribution in [1.29, 1.82) is 0 Å². The number of nitrogens with zero attached hydrogens (tertiary/aromatic N) is 2. The number of imidazole rings is 1. The highest BCUT2D eigenvalue weighted by Gasteiger charge is 2.16. The van der Waals surface area contributed by atoms with E-state index in [4.69, 9.17) is 9.17 Å². The van der Waals surface area contributed by atoms with Gasteiger partial charge in [0.25, 0.3) is 0 Å². The Kier molecular flexibility index (Phi) is 5.69. The Balaban J connectivity index is 1.43. The number of hydrogen-bond donors (Lipinski definition) is 1. The molecule has 0 saturated carbocycles. The zero-order chi connectivity index (χ0) is 24.9. The Hall–Kier alpha value is -3.56. The number of hydrogen-bond acceptors (Lipinski definition) is 7. The quantitative estimate of drug-likeness (QED) is 0.241. The predicted octanol–water partition coefficient (Wildman–Crippen LogP) is 5.53. The van der Waals surface area contributed by atoms with Crippen molar-refractivity contribution in [2.45, 2.75) is 27.2 Å². The van der Waals surface area contributed by atoms with Gasteiger partial charge in [0.05, 0.1) is 32.5 Å². The molecule has 9 heteroatoms. The second kappa shape index (κ2) is 8.58. The van der Waals surface area contributed by atoms with E-state index in [1.807, 2.05) is 51.1 Å². The number of rotatable bonds is 6. The van der Waals surface area contributed by atoms with Crippen LogP contribution >= 0.6 is 11.3 Å². The van der Waals surface area contributed by atoms with E-state index >= 15 is 0 Å². The maximum Gasteiger partial charge on any atom is 0.306 e. The molecule has 0 amide bonds. The molecule has 7 nitrogen and oxygen atoms in total. The van der Waals surface area contributed by atoms with Crippen molar-refractivity contribution >= 4 is 48.5 Å². The van der Waals surface area contributed by atoms with Crippen LogP contribution in [0.4, 0.5) is 0 Å². The van der Waals surface area contributed by atoms with Crippen LogP contribution in [0, 0.1) is 20.8 Å². The fourth-order valence-corrected chi connectivity index (χ4v) is 5.56. The number of ketones is 1. The van der Waals surface area contributed by atoms with Gasteiger partial charge in [0.2, 0.25) is 0 Å². The maximum absolute atomic E-state index is 13.0. The molecule has 0 fully saturated rings. The van der Waals surface area contributed by atoms with Crippen LogP contribution in [0.25, 0.3) is 32.6 Å². The highest BCUT2D eigenvalue weighted by molar-refractivity contribution is 7.86. The lowest BCUT2D eigenvalue weighted by atomic mass is 10.0. The molecule has 3 aromatic carbocycles. The van der Waals surface area contributed by atoms with Gasteiger partial charge < -0.3 is 9.17 Å². The molecule has 0 saturated heterocycles. The van der Waals surface area contributed by atoms with Gasteiger partial charge in [0.15, 0.2) is 5.78 Å². The highest BCUT2D eigenvalue weighted by atomic mass is 32.2. The fourth-order valence-electron chi connectivity index (χ4n) is 4.31. The number of benzene rings is 3. The summed E-state index contributed by atoms with van der Waals surface area (Å²) in [4.78, 5) is 25.6. The highest BCUT2D eigenvalue weighted by Crippen LogP contribution is 2.31. The van der Waals surface area contributed by atoms with E-state index in [0.717, 1.165) is 54.8 Å². The molecular weight excluding hydrogens is 482 g/mol. The van der Waals surface area contributed by atoms with E-state index in [0.29, 0.717) is 17.8 Å². The minimum Gasteiger partial charge on any atom is -0.383 e. The van der Waals surface area contributed by atoms with Gasteiger partial charge in [-0.25, -0.2) is 9.97 Å². The number of carbonyl (C=O) groups excluding carboxylic acids is 1. The van der Waals surface area contributed by atoms with Gasteiger partial charge in [-0.15, -0.1) is 11.3 Å². The molecule has 0 radical (unpaired) electrons. The van der Waals surface area contributed by atoms with Crippen molar-refractivity contribution in [2.24, 2.45) is 0 Å².